The van der Waals surface area contributed by atoms with E-state index in [0.29, 0.717) is 23.6 Å². The zero-order valence-electron chi connectivity index (χ0n) is 14.2. The molecule has 0 spiro atoms. The molecule has 0 heterocycles. The van der Waals surface area contributed by atoms with Crippen LogP contribution in [0.4, 0.5) is 0 Å². The molecule has 0 atom stereocenters. The molecule has 0 unspecified atom stereocenters. The number of hydrogen-bond donors (Lipinski definition) is 1. The van der Waals surface area contributed by atoms with Gasteiger partial charge < -0.3 is 14.8 Å². The molecule has 2 rings (SSSR count). The number of carbonyl (C=O) groups is 1. The number of Topliss-reactive ketones (excluding diaryl/α,β-unsaturated/α-hetero) is 1. The standard InChI is InChI=1S/C18H23NO3.ClH/c1-18(2,3)19-11-15(20)13-8-6-7-12-9-16(21-4)17(22-5)10-14(12)13;/h6-10,19H,11H2,1-5H3;1H. The summed E-state index contributed by atoms with van der Waals surface area (Å²) >= 11 is 0. The highest BCUT2D eigenvalue weighted by Crippen LogP contribution is 2.33. The number of hydrogen-bond acceptors (Lipinski definition) is 4. The highest BCUT2D eigenvalue weighted by atomic mass is 35.5. The van der Waals surface area contributed by atoms with Gasteiger partial charge in [-0.2, -0.15) is 0 Å². The van der Waals surface area contributed by atoms with Gasteiger partial charge in [-0.25, -0.2) is 0 Å². The van der Waals surface area contributed by atoms with Crippen molar-refractivity contribution in [3.8, 4) is 11.5 Å². The van der Waals surface area contributed by atoms with Gasteiger partial charge in [-0.1, -0.05) is 18.2 Å². The van der Waals surface area contributed by atoms with Crippen molar-refractivity contribution < 1.29 is 14.3 Å². The summed E-state index contributed by atoms with van der Waals surface area (Å²) in [7, 11) is 3.20. The quantitative estimate of drug-likeness (QED) is 0.842. The van der Waals surface area contributed by atoms with E-state index in [0.717, 1.165) is 10.8 Å². The Labute approximate surface area is 143 Å². The largest absolute Gasteiger partial charge is 0.493 e. The molecular formula is C18H24ClNO3. The minimum absolute atomic E-state index is 0. The van der Waals surface area contributed by atoms with Crippen LogP contribution in [0.2, 0.25) is 0 Å². The number of benzene rings is 2. The van der Waals surface area contributed by atoms with E-state index in [9.17, 15) is 4.79 Å². The summed E-state index contributed by atoms with van der Waals surface area (Å²) in [6.07, 6.45) is 0. The molecule has 0 bridgehead atoms. The molecule has 2 aromatic rings. The van der Waals surface area contributed by atoms with E-state index in [-0.39, 0.29) is 23.7 Å². The lowest BCUT2D eigenvalue weighted by Crippen LogP contribution is -2.39. The van der Waals surface area contributed by atoms with Crippen molar-refractivity contribution in [2.24, 2.45) is 0 Å². The van der Waals surface area contributed by atoms with Crippen molar-refractivity contribution in [1.82, 2.24) is 5.32 Å². The van der Waals surface area contributed by atoms with E-state index in [4.69, 9.17) is 9.47 Å². The maximum Gasteiger partial charge on any atom is 0.177 e. The molecule has 0 aromatic heterocycles. The third-order valence-electron chi connectivity index (χ3n) is 3.46. The number of rotatable bonds is 5. The zero-order chi connectivity index (χ0) is 16.3. The summed E-state index contributed by atoms with van der Waals surface area (Å²) in [5.74, 6) is 1.35. The predicted octanol–water partition coefficient (Wildman–Crippen LogP) is 3.85. The van der Waals surface area contributed by atoms with E-state index in [1.165, 1.54) is 0 Å². The van der Waals surface area contributed by atoms with Gasteiger partial charge in [0.05, 0.1) is 20.8 Å². The van der Waals surface area contributed by atoms with Gasteiger partial charge in [0.2, 0.25) is 0 Å². The molecule has 0 radical (unpaired) electrons. The van der Waals surface area contributed by atoms with Crippen LogP contribution < -0.4 is 14.8 Å². The van der Waals surface area contributed by atoms with Gasteiger partial charge in [-0.15, -0.1) is 12.4 Å². The molecule has 5 heteroatoms. The average molecular weight is 338 g/mol. The first-order valence-electron chi connectivity index (χ1n) is 7.28. The molecule has 4 nitrogen and oxygen atoms in total. The summed E-state index contributed by atoms with van der Waals surface area (Å²) in [6.45, 7) is 6.42. The van der Waals surface area contributed by atoms with Crippen molar-refractivity contribution >= 4 is 29.0 Å². The van der Waals surface area contributed by atoms with E-state index >= 15 is 0 Å². The Balaban J connectivity index is 0.00000264. The van der Waals surface area contributed by atoms with Crippen LogP contribution in [0.5, 0.6) is 11.5 Å². The smallest absolute Gasteiger partial charge is 0.177 e. The predicted molar refractivity (Wildman–Crippen MR) is 96.4 cm³/mol. The topological polar surface area (TPSA) is 47.6 Å². The molecule has 1 N–H and O–H groups in total. The van der Waals surface area contributed by atoms with Crippen LogP contribution in [0.3, 0.4) is 0 Å². The lowest BCUT2D eigenvalue weighted by atomic mass is 10.00. The van der Waals surface area contributed by atoms with Gasteiger partial charge in [0, 0.05) is 11.1 Å². The lowest BCUT2D eigenvalue weighted by molar-refractivity contribution is 0.0983. The second-order valence-corrected chi connectivity index (χ2v) is 6.26. The van der Waals surface area contributed by atoms with Gasteiger partial charge >= 0.3 is 0 Å². The Bertz CT molecular complexity index is 692. The number of fused-ring (bicyclic) bond motifs is 1. The Morgan fingerprint density at radius 1 is 1.09 bits per heavy atom. The number of ether oxygens (including phenoxy) is 2. The number of nitrogens with one attached hydrogen (secondary N) is 1. The zero-order valence-corrected chi connectivity index (χ0v) is 15.0. The van der Waals surface area contributed by atoms with Crippen molar-refractivity contribution in [2.45, 2.75) is 26.3 Å². The second-order valence-electron chi connectivity index (χ2n) is 6.26. The Morgan fingerprint density at radius 2 is 1.70 bits per heavy atom. The molecule has 0 saturated heterocycles. The Morgan fingerprint density at radius 3 is 2.26 bits per heavy atom. The minimum Gasteiger partial charge on any atom is -0.493 e. The maximum atomic E-state index is 12.5. The van der Waals surface area contributed by atoms with Crippen LogP contribution in [0, 0.1) is 0 Å². The molecule has 0 aliphatic rings. The molecule has 2 aromatic carbocycles. The van der Waals surface area contributed by atoms with Crippen molar-refractivity contribution in [3.63, 3.8) is 0 Å². The first kappa shape index (κ1) is 19.3. The number of methoxy groups -OCH3 is 2. The number of carbonyl (C=O) groups excluding carboxylic acids is 1. The lowest BCUT2D eigenvalue weighted by Gasteiger charge is -2.20. The molecule has 0 saturated carbocycles. The van der Waals surface area contributed by atoms with E-state index in [2.05, 4.69) is 5.32 Å². The summed E-state index contributed by atoms with van der Waals surface area (Å²) in [4.78, 5) is 12.5. The second kappa shape index (κ2) is 7.66. The highest BCUT2D eigenvalue weighted by Gasteiger charge is 2.16. The first-order valence-corrected chi connectivity index (χ1v) is 7.28. The Kier molecular flexibility index (Phi) is 6.42. The van der Waals surface area contributed by atoms with E-state index in [1.807, 2.05) is 51.1 Å². The summed E-state index contributed by atoms with van der Waals surface area (Å²) in [6, 6.07) is 9.45. The van der Waals surface area contributed by atoms with Gasteiger partial charge in [-0.3, -0.25) is 4.79 Å². The van der Waals surface area contributed by atoms with Gasteiger partial charge in [-0.05, 0) is 43.7 Å². The summed E-state index contributed by atoms with van der Waals surface area (Å²) in [5.41, 5.74) is 0.594. The van der Waals surface area contributed by atoms with Crippen molar-refractivity contribution in [3.05, 3.63) is 35.9 Å². The summed E-state index contributed by atoms with van der Waals surface area (Å²) in [5, 5.41) is 5.06. The van der Waals surface area contributed by atoms with Crippen molar-refractivity contribution in [2.75, 3.05) is 20.8 Å². The van der Waals surface area contributed by atoms with Crippen molar-refractivity contribution in [1.29, 1.82) is 0 Å². The third kappa shape index (κ3) is 4.60. The third-order valence-corrected chi connectivity index (χ3v) is 3.46. The van der Waals surface area contributed by atoms with Crippen LogP contribution in [-0.4, -0.2) is 32.1 Å². The van der Waals surface area contributed by atoms with E-state index in [1.54, 1.807) is 14.2 Å². The minimum atomic E-state index is -0.0961. The van der Waals surface area contributed by atoms with Gasteiger partial charge in [0.15, 0.2) is 17.3 Å². The molecule has 0 fully saturated rings. The van der Waals surface area contributed by atoms with Crippen LogP contribution in [0.15, 0.2) is 30.3 Å². The molecule has 0 aliphatic carbocycles. The fourth-order valence-electron chi connectivity index (χ4n) is 2.29. The van der Waals surface area contributed by atoms with Crippen LogP contribution >= 0.6 is 12.4 Å². The normalized spacial score (nSPS) is 11.0. The fraction of sp³-hybridized carbons (Fsp3) is 0.389. The van der Waals surface area contributed by atoms with Crippen LogP contribution in [-0.2, 0) is 0 Å². The van der Waals surface area contributed by atoms with Gasteiger partial charge in [0.25, 0.3) is 0 Å². The molecular weight excluding hydrogens is 314 g/mol. The van der Waals surface area contributed by atoms with Crippen LogP contribution in [0.1, 0.15) is 31.1 Å². The Hall–Kier alpha value is -1.78. The number of ketones is 1. The van der Waals surface area contributed by atoms with Crippen LogP contribution in [0.25, 0.3) is 10.8 Å². The molecule has 126 valence electrons. The van der Waals surface area contributed by atoms with E-state index < -0.39 is 0 Å². The molecule has 0 aliphatic heterocycles. The maximum absolute atomic E-state index is 12.5. The molecule has 0 amide bonds. The summed E-state index contributed by atoms with van der Waals surface area (Å²) < 4.78 is 10.7. The molecule has 23 heavy (non-hydrogen) atoms. The SMILES string of the molecule is COc1cc2cccc(C(=O)CNC(C)(C)C)c2cc1OC.Cl. The van der Waals surface area contributed by atoms with Gasteiger partial charge in [0.1, 0.15) is 0 Å². The average Bonchev–Trinajstić information content (AvgIpc) is 2.49. The first-order chi connectivity index (χ1) is 10.4. The monoisotopic (exact) mass is 337 g/mol. The fourth-order valence-corrected chi connectivity index (χ4v) is 2.29. The highest BCUT2D eigenvalue weighted by molar-refractivity contribution is 6.09. The number of halogens is 1.